The number of nitrogens with zero attached hydrogens (tertiary/aromatic N) is 2. The molecule has 0 amide bonds. The summed E-state index contributed by atoms with van der Waals surface area (Å²) < 4.78 is 3.08. The largest absolute Gasteiger partial charge is 0.398 e. The predicted octanol–water partition coefficient (Wildman–Crippen LogP) is 3.89. The molecule has 3 rings (SSSR count). The van der Waals surface area contributed by atoms with Crippen molar-refractivity contribution in [1.82, 2.24) is 9.55 Å². The van der Waals surface area contributed by atoms with Crippen LogP contribution in [-0.2, 0) is 7.05 Å². The maximum absolute atomic E-state index is 6.10. The zero-order chi connectivity index (χ0) is 13.6. The average Bonchev–Trinajstić information content (AvgIpc) is 2.68. The lowest BCUT2D eigenvalue weighted by Crippen LogP contribution is -1.97. The minimum Gasteiger partial charge on any atom is -0.398 e. The second kappa shape index (κ2) is 4.38. The van der Waals surface area contributed by atoms with Crippen molar-refractivity contribution in [2.75, 3.05) is 5.73 Å². The molecule has 3 aromatic rings. The summed E-state index contributed by atoms with van der Waals surface area (Å²) in [5, 5.41) is 0. The Labute approximate surface area is 120 Å². The lowest BCUT2D eigenvalue weighted by atomic mass is 10.1. The van der Waals surface area contributed by atoms with Gasteiger partial charge in [-0.1, -0.05) is 28.1 Å². The van der Waals surface area contributed by atoms with E-state index in [-0.39, 0.29) is 0 Å². The van der Waals surface area contributed by atoms with Crippen molar-refractivity contribution in [3.63, 3.8) is 0 Å². The van der Waals surface area contributed by atoms with E-state index < -0.39 is 0 Å². The zero-order valence-corrected chi connectivity index (χ0v) is 12.4. The fourth-order valence-electron chi connectivity index (χ4n) is 2.44. The zero-order valence-electron chi connectivity index (χ0n) is 10.8. The van der Waals surface area contributed by atoms with Gasteiger partial charge in [-0.15, -0.1) is 0 Å². The third-order valence-electron chi connectivity index (χ3n) is 3.35. The summed E-state index contributed by atoms with van der Waals surface area (Å²) in [5.74, 6) is 0.898. The molecule has 0 bridgehead atoms. The maximum atomic E-state index is 6.10. The first kappa shape index (κ1) is 12.2. The van der Waals surface area contributed by atoms with Gasteiger partial charge in [0.25, 0.3) is 0 Å². The Hall–Kier alpha value is -1.81. The van der Waals surface area contributed by atoms with E-state index in [9.17, 15) is 0 Å². The molecule has 1 aromatic heterocycles. The summed E-state index contributed by atoms with van der Waals surface area (Å²) in [5.41, 5.74) is 11.2. The van der Waals surface area contributed by atoms with Gasteiger partial charge in [-0.3, -0.25) is 0 Å². The van der Waals surface area contributed by atoms with Crippen LogP contribution in [0.25, 0.3) is 22.4 Å². The number of rotatable bonds is 1. The quantitative estimate of drug-likeness (QED) is 0.692. The Kier molecular flexibility index (Phi) is 2.82. The molecular formula is C15H14BrN3. The van der Waals surface area contributed by atoms with Crippen LogP contribution in [0.5, 0.6) is 0 Å². The van der Waals surface area contributed by atoms with Gasteiger partial charge in [0.05, 0.1) is 11.0 Å². The van der Waals surface area contributed by atoms with Crippen LogP contribution in [0.15, 0.2) is 40.9 Å². The number of nitrogen functional groups attached to an aromatic ring is 1. The fourth-order valence-corrected chi connectivity index (χ4v) is 2.82. The minimum atomic E-state index is 0.727. The summed E-state index contributed by atoms with van der Waals surface area (Å²) in [7, 11) is 2.03. The van der Waals surface area contributed by atoms with Gasteiger partial charge in [-0.05, 0) is 36.8 Å². The first-order valence-corrected chi connectivity index (χ1v) is 6.84. The number of fused-ring (bicyclic) bond motifs is 1. The van der Waals surface area contributed by atoms with Crippen molar-refractivity contribution in [2.45, 2.75) is 6.92 Å². The van der Waals surface area contributed by atoms with Crippen molar-refractivity contribution >= 4 is 32.7 Å². The lowest BCUT2D eigenvalue weighted by molar-refractivity contribution is 0.956. The van der Waals surface area contributed by atoms with Crippen LogP contribution in [0, 0.1) is 6.92 Å². The monoisotopic (exact) mass is 315 g/mol. The summed E-state index contributed by atoms with van der Waals surface area (Å²) in [6.45, 7) is 2.10. The van der Waals surface area contributed by atoms with Crippen molar-refractivity contribution < 1.29 is 0 Å². The van der Waals surface area contributed by atoms with Crippen LogP contribution >= 0.6 is 15.9 Å². The molecule has 0 aliphatic carbocycles. The molecule has 0 saturated carbocycles. The molecule has 0 radical (unpaired) electrons. The van der Waals surface area contributed by atoms with Gasteiger partial charge < -0.3 is 10.3 Å². The SMILES string of the molecule is Cc1cccc2nc(-c3ccc(Br)cc3N)n(C)c12. The van der Waals surface area contributed by atoms with Gasteiger partial charge in [0.15, 0.2) is 0 Å². The molecule has 0 unspecified atom stereocenters. The number of hydrogen-bond donors (Lipinski definition) is 1. The van der Waals surface area contributed by atoms with E-state index in [0.717, 1.165) is 32.6 Å². The molecule has 4 heteroatoms. The number of halogens is 1. The Bertz CT molecular complexity index is 774. The maximum Gasteiger partial charge on any atom is 0.142 e. The Morgan fingerprint density at radius 1 is 1.21 bits per heavy atom. The minimum absolute atomic E-state index is 0.727. The van der Waals surface area contributed by atoms with Gasteiger partial charge in [0.2, 0.25) is 0 Å². The number of aromatic nitrogens is 2. The van der Waals surface area contributed by atoms with E-state index in [1.807, 2.05) is 37.4 Å². The summed E-state index contributed by atoms with van der Waals surface area (Å²) in [6.07, 6.45) is 0. The standard InChI is InChI=1S/C15H14BrN3/c1-9-4-3-5-13-14(9)19(2)15(18-13)11-7-6-10(16)8-12(11)17/h3-8H,17H2,1-2H3. The van der Waals surface area contributed by atoms with Crippen LogP contribution in [-0.4, -0.2) is 9.55 Å². The molecule has 1 heterocycles. The highest BCUT2D eigenvalue weighted by Gasteiger charge is 2.13. The van der Waals surface area contributed by atoms with Crippen molar-refractivity contribution in [1.29, 1.82) is 0 Å². The lowest BCUT2D eigenvalue weighted by Gasteiger charge is -2.07. The first-order valence-electron chi connectivity index (χ1n) is 6.05. The summed E-state index contributed by atoms with van der Waals surface area (Å²) in [4.78, 5) is 4.70. The van der Waals surface area contributed by atoms with Gasteiger partial charge in [0.1, 0.15) is 5.82 Å². The Morgan fingerprint density at radius 2 is 2.00 bits per heavy atom. The normalized spacial score (nSPS) is 11.1. The van der Waals surface area contributed by atoms with Crippen LogP contribution in [0.2, 0.25) is 0 Å². The number of anilines is 1. The van der Waals surface area contributed by atoms with Crippen molar-refractivity contribution in [3.8, 4) is 11.4 Å². The molecule has 0 saturated heterocycles. The van der Waals surface area contributed by atoms with Gasteiger partial charge >= 0.3 is 0 Å². The highest BCUT2D eigenvalue weighted by atomic mass is 79.9. The van der Waals surface area contributed by atoms with Crippen LogP contribution in [0.4, 0.5) is 5.69 Å². The van der Waals surface area contributed by atoms with Gasteiger partial charge in [0, 0.05) is 22.8 Å². The Morgan fingerprint density at radius 3 is 2.68 bits per heavy atom. The molecule has 0 spiro atoms. The second-order valence-electron chi connectivity index (χ2n) is 4.67. The van der Waals surface area contributed by atoms with Gasteiger partial charge in [-0.25, -0.2) is 4.98 Å². The van der Waals surface area contributed by atoms with E-state index in [4.69, 9.17) is 10.7 Å². The number of nitrogens with two attached hydrogens (primary N) is 1. The predicted molar refractivity (Wildman–Crippen MR) is 83.0 cm³/mol. The Balaban J connectivity index is 2.31. The van der Waals surface area contributed by atoms with Crippen LogP contribution in [0.1, 0.15) is 5.56 Å². The van der Waals surface area contributed by atoms with E-state index >= 15 is 0 Å². The van der Waals surface area contributed by atoms with Crippen molar-refractivity contribution in [3.05, 3.63) is 46.4 Å². The van der Waals surface area contributed by atoms with Crippen LogP contribution < -0.4 is 5.73 Å². The molecule has 0 aliphatic rings. The third kappa shape index (κ3) is 1.92. The van der Waals surface area contributed by atoms with E-state index in [0.29, 0.717) is 0 Å². The third-order valence-corrected chi connectivity index (χ3v) is 3.84. The molecule has 0 fully saturated rings. The van der Waals surface area contributed by atoms with Gasteiger partial charge in [-0.2, -0.15) is 0 Å². The molecule has 2 N–H and O–H groups in total. The van der Waals surface area contributed by atoms with Crippen molar-refractivity contribution in [2.24, 2.45) is 7.05 Å². The molecule has 0 aliphatic heterocycles. The highest BCUT2D eigenvalue weighted by Crippen LogP contribution is 2.30. The number of aryl methyl sites for hydroxylation is 2. The molecule has 19 heavy (non-hydrogen) atoms. The number of hydrogen-bond acceptors (Lipinski definition) is 2. The number of benzene rings is 2. The van der Waals surface area contributed by atoms with E-state index in [1.165, 1.54) is 5.56 Å². The first-order chi connectivity index (χ1) is 9.08. The molecule has 2 aromatic carbocycles. The molecular weight excluding hydrogens is 302 g/mol. The number of para-hydroxylation sites is 1. The van der Waals surface area contributed by atoms with E-state index in [2.05, 4.69) is 33.5 Å². The summed E-state index contributed by atoms with van der Waals surface area (Å²) >= 11 is 3.43. The molecule has 0 atom stereocenters. The van der Waals surface area contributed by atoms with E-state index in [1.54, 1.807) is 0 Å². The molecule has 96 valence electrons. The second-order valence-corrected chi connectivity index (χ2v) is 5.58. The number of imidazole rings is 1. The summed E-state index contributed by atoms with van der Waals surface area (Å²) in [6, 6.07) is 12.0. The highest BCUT2D eigenvalue weighted by molar-refractivity contribution is 9.10. The smallest absolute Gasteiger partial charge is 0.142 e. The topological polar surface area (TPSA) is 43.8 Å². The van der Waals surface area contributed by atoms with Crippen LogP contribution in [0.3, 0.4) is 0 Å². The average molecular weight is 316 g/mol. The fraction of sp³-hybridized carbons (Fsp3) is 0.133. The molecule has 3 nitrogen and oxygen atoms in total.